The first kappa shape index (κ1) is 19.2. The van der Waals surface area contributed by atoms with Crippen molar-refractivity contribution >= 4 is 18.8 Å². The maximum absolute atomic E-state index is 13.9. The van der Waals surface area contributed by atoms with Gasteiger partial charge in [0.2, 0.25) is 11.6 Å². The number of hydrogen-bond acceptors (Lipinski definition) is 6. The summed E-state index contributed by atoms with van der Waals surface area (Å²) in [6.45, 7) is 1.43. The molecule has 118 valence electrons. The number of aryl methyl sites for hydroxylation is 1. The first-order valence-electron chi connectivity index (χ1n) is 4.86. The van der Waals surface area contributed by atoms with Crippen LogP contribution in [-0.4, -0.2) is 9.79 Å². The van der Waals surface area contributed by atoms with Crippen LogP contribution in [0.1, 0.15) is 5.56 Å². The van der Waals surface area contributed by atoms with Gasteiger partial charge in [-0.3, -0.25) is 9.79 Å². The molecule has 0 spiro atoms. The van der Waals surface area contributed by atoms with Gasteiger partial charge in [0.05, 0.1) is 0 Å². The van der Waals surface area contributed by atoms with E-state index in [0.29, 0.717) is 0 Å². The highest BCUT2D eigenvalue weighted by Gasteiger charge is 2.25. The Morgan fingerprint density at radius 1 is 1.24 bits per heavy atom. The van der Waals surface area contributed by atoms with Gasteiger partial charge in [-0.05, 0) is 18.6 Å². The molecule has 0 fully saturated rings. The highest BCUT2D eigenvalue weighted by atomic mass is 31.2. The molecule has 0 radical (unpaired) electrons. The molecule has 0 amide bonds. The van der Waals surface area contributed by atoms with Crippen molar-refractivity contribution in [2.24, 2.45) is 0 Å². The summed E-state index contributed by atoms with van der Waals surface area (Å²) in [7, 11) is -5.14. The molecular weight excluding hydrogens is 313 g/mol. The van der Waals surface area contributed by atoms with E-state index < -0.39 is 36.4 Å². The van der Waals surface area contributed by atoms with E-state index in [1.54, 1.807) is 0 Å². The predicted octanol–water partition coefficient (Wildman–Crippen LogP) is 2.18. The molecule has 2 aromatic rings. The molecular formula is C10H13F2N2O6P. The first-order valence-corrected chi connectivity index (χ1v) is 6.39. The van der Waals surface area contributed by atoms with Crippen LogP contribution in [0.4, 0.5) is 8.78 Å². The van der Waals surface area contributed by atoms with Crippen molar-refractivity contribution in [1.29, 1.82) is 0 Å². The lowest BCUT2D eigenvalue weighted by Gasteiger charge is -2.10. The van der Waals surface area contributed by atoms with Crippen LogP contribution in [0.15, 0.2) is 21.3 Å². The molecule has 1 aromatic heterocycles. The second-order valence-corrected chi connectivity index (χ2v) is 4.87. The van der Waals surface area contributed by atoms with Gasteiger partial charge in [-0.1, -0.05) is 0 Å². The van der Waals surface area contributed by atoms with Crippen LogP contribution in [-0.2, 0) is 4.57 Å². The van der Waals surface area contributed by atoms with E-state index >= 15 is 0 Å². The van der Waals surface area contributed by atoms with Gasteiger partial charge in [-0.2, -0.15) is 4.39 Å². The summed E-state index contributed by atoms with van der Waals surface area (Å²) < 4.78 is 46.5. The third-order valence-electron chi connectivity index (χ3n) is 2.30. The monoisotopic (exact) mass is 326 g/mol. The molecule has 11 heteroatoms. The molecule has 0 unspecified atom stereocenters. The number of halogens is 2. The first-order chi connectivity index (χ1) is 8.69. The zero-order valence-corrected chi connectivity index (χ0v) is 11.7. The molecule has 8 nitrogen and oxygen atoms in total. The third kappa shape index (κ3) is 3.84. The topological polar surface area (TPSA) is 167 Å². The molecule has 0 saturated carbocycles. The van der Waals surface area contributed by atoms with Crippen molar-refractivity contribution in [3.05, 3.63) is 39.8 Å². The van der Waals surface area contributed by atoms with Gasteiger partial charge >= 0.3 is 13.4 Å². The molecule has 0 aliphatic carbocycles. The van der Waals surface area contributed by atoms with Crippen LogP contribution in [0.3, 0.4) is 0 Å². The van der Waals surface area contributed by atoms with E-state index in [2.05, 4.69) is 8.94 Å². The average Bonchev–Trinajstić information content (AvgIpc) is 2.25. The predicted molar refractivity (Wildman–Crippen MR) is 69.9 cm³/mol. The second kappa shape index (κ2) is 6.29. The van der Waals surface area contributed by atoms with Gasteiger partial charge < -0.3 is 21.2 Å². The van der Waals surface area contributed by atoms with Crippen molar-refractivity contribution in [3.63, 3.8) is 0 Å². The molecule has 2 rings (SSSR count). The van der Waals surface area contributed by atoms with Gasteiger partial charge in [0.25, 0.3) is 0 Å². The smallest absolute Gasteiger partial charge is 0.419 e. The Kier molecular flexibility index (Phi) is 5.74. The summed E-state index contributed by atoms with van der Waals surface area (Å²) in [4.78, 5) is 28.2. The average molecular weight is 326 g/mol. The van der Waals surface area contributed by atoms with Crippen LogP contribution >= 0.6 is 7.82 Å². The van der Waals surface area contributed by atoms with E-state index in [4.69, 9.17) is 9.79 Å². The number of phosphoric acid groups is 1. The van der Waals surface area contributed by atoms with Crippen molar-refractivity contribution < 1.29 is 32.1 Å². The molecule has 0 atom stereocenters. The number of benzene rings is 1. The minimum Gasteiger partial charge on any atom is -0.419 e. The molecule has 0 bridgehead atoms. The number of rotatable bonds is 2. The standard InChI is InChI=1S/C10H7F2O6P.2H3N/c1-4-2-7(13)17-9-5(4)3-6(11)10(8(9)12)18-19(14,15)16;;/h2-3H,1H3,(H2,14,15,16);2*1H3. The van der Waals surface area contributed by atoms with Crippen molar-refractivity contribution in [2.45, 2.75) is 6.92 Å². The summed E-state index contributed by atoms with van der Waals surface area (Å²) in [5.74, 6) is -4.10. The Balaban J connectivity index is 0.00000200. The zero-order valence-electron chi connectivity index (χ0n) is 10.8. The minimum absolute atomic E-state index is 0. The fourth-order valence-electron chi connectivity index (χ4n) is 1.56. The van der Waals surface area contributed by atoms with Crippen LogP contribution < -0.4 is 22.5 Å². The van der Waals surface area contributed by atoms with Gasteiger partial charge in [0.1, 0.15) is 0 Å². The normalized spacial score (nSPS) is 10.7. The highest BCUT2D eigenvalue weighted by molar-refractivity contribution is 7.46. The van der Waals surface area contributed by atoms with E-state index in [-0.39, 0.29) is 23.3 Å². The summed E-state index contributed by atoms with van der Waals surface area (Å²) in [6, 6.07) is 1.80. The van der Waals surface area contributed by atoms with E-state index in [1.165, 1.54) is 6.92 Å². The molecule has 1 heterocycles. The minimum atomic E-state index is -5.14. The van der Waals surface area contributed by atoms with Crippen LogP contribution in [0.2, 0.25) is 0 Å². The van der Waals surface area contributed by atoms with Crippen molar-refractivity contribution in [3.8, 4) is 5.75 Å². The van der Waals surface area contributed by atoms with Gasteiger partial charge in [0.15, 0.2) is 11.4 Å². The van der Waals surface area contributed by atoms with Crippen LogP contribution in [0.5, 0.6) is 5.75 Å². The van der Waals surface area contributed by atoms with E-state index in [9.17, 15) is 18.1 Å². The Hall–Kier alpha value is -1.84. The Labute approximate surface area is 116 Å². The summed E-state index contributed by atoms with van der Waals surface area (Å²) >= 11 is 0. The number of fused-ring (bicyclic) bond motifs is 1. The maximum atomic E-state index is 13.9. The number of hydrogen-bond donors (Lipinski definition) is 4. The van der Waals surface area contributed by atoms with Gasteiger partial charge in [-0.25, -0.2) is 13.8 Å². The Bertz CT molecular complexity index is 772. The van der Waals surface area contributed by atoms with Gasteiger partial charge in [0, 0.05) is 11.5 Å². The van der Waals surface area contributed by atoms with Crippen LogP contribution in [0, 0.1) is 18.6 Å². The lowest BCUT2D eigenvalue weighted by molar-refractivity contribution is 0.272. The summed E-state index contributed by atoms with van der Waals surface area (Å²) in [6.07, 6.45) is 0. The molecule has 0 aliphatic rings. The van der Waals surface area contributed by atoms with E-state index in [0.717, 1.165) is 12.1 Å². The maximum Gasteiger partial charge on any atom is 0.525 e. The highest BCUT2D eigenvalue weighted by Crippen LogP contribution is 2.41. The van der Waals surface area contributed by atoms with Gasteiger partial charge in [-0.15, -0.1) is 0 Å². The molecule has 0 saturated heterocycles. The molecule has 21 heavy (non-hydrogen) atoms. The molecule has 8 N–H and O–H groups in total. The second-order valence-electron chi connectivity index (χ2n) is 3.71. The summed E-state index contributed by atoms with van der Waals surface area (Å²) in [5, 5.41) is -0.0346. The fourth-order valence-corrected chi connectivity index (χ4v) is 1.97. The van der Waals surface area contributed by atoms with E-state index in [1.807, 2.05) is 0 Å². The Morgan fingerprint density at radius 3 is 2.33 bits per heavy atom. The SMILES string of the molecule is Cc1cc(=O)oc2c(F)c(OP(=O)(O)O)c(F)cc12.N.N. The van der Waals surface area contributed by atoms with Crippen molar-refractivity contribution in [1.82, 2.24) is 12.3 Å². The third-order valence-corrected chi connectivity index (χ3v) is 2.72. The van der Waals surface area contributed by atoms with Crippen LogP contribution in [0.25, 0.3) is 11.0 Å². The Morgan fingerprint density at radius 2 is 1.81 bits per heavy atom. The lowest BCUT2D eigenvalue weighted by Crippen LogP contribution is -2.02. The molecule has 1 aromatic carbocycles. The zero-order chi connectivity index (χ0) is 14.4. The lowest BCUT2D eigenvalue weighted by atomic mass is 10.1. The quantitative estimate of drug-likeness (QED) is 0.481. The number of phosphoric ester groups is 1. The summed E-state index contributed by atoms with van der Waals surface area (Å²) in [5.41, 5.74) is -1.25. The fraction of sp³-hybridized carbons (Fsp3) is 0.100. The van der Waals surface area contributed by atoms with Crippen molar-refractivity contribution in [2.75, 3.05) is 0 Å². The molecule has 0 aliphatic heterocycles. The largest absolute Gasteiger partial charge is 0.525 e.